The second-order valence-electron chi connectivity index (χ2n) is 3.14. The maximum Gasteiger partial charge on any atom is 0.338 e. The van der Waals surface area contributed by atoms with E-state index in [1.165, 1.54) is 0 Å². The molecule has 0 aliphatic rings. The van der Waals surface area contributed by atoms with Crippen LogP contribution >= 0.6 is 0 Å². The Kier molecular flexibility index (Phi) is 8.39. The monoisotopic (exact) mass is 247 g/mol. The van der Waals surface area contributed by atoms with Gasteiger partial charge in [-0.2, -0.15) is 0 Å². The predicted molar refractivity (Wildman–Crippen MR) is 58.0 cm³/mol. The quantitative estimate of drug-likeness (QED) is 0.420. The highest BCUT2D eigenvalue weighted by Crippen LogP contribution is 1.79. The summed E-state index contributed by atoms with van der Waals surface area (Å²) in [4.78, 5) is 36.4. The number of hydrogen-bond donors (Lipinski definition) is 4. The summed E-state index contributed by atoms with van der Waals surface area (Å²) in [5, 5.41) is 13.2. The molecule has 0 saturated carbocycles. The van der Waals surface area contributed by atoms with Crippen molar-refractivity contribution in [3.8, 4) is 0 Å². The molecule has 0 aliphatic heterocycles. The van der Waals surface area contributed by atoms with Gasteiger partial charge in [-0.15, -0.1) is 0 Å². The number of hydrogen-bond acceptors (Lipinski definition) is 4. The number of nitrogens with one attached hydrogen (secondary N) is 3. The zero-order valence-corrected chi connectivity index (χ0v) is 9.62. The van der Waals surface area contributed by atoms with Gasteiger partial charge in [0.2, 0.25) is 5.91 Å². The van der Waals surface area contributed by atoms with Crippen molar-refractivity contribution in [2.75, 3.05) is 19.7 Å². The van der Waals surface area contributed by atoms with Crippen LogP contribution in [0.15, 0.2) is 0 Å². The Bertz CT molecular complexity index is 269. The van der Waals surface area contributed by atoms with Crippen molar-refractivity contribution in [3.05, 3.63) is 0 Å². The predicted octanol–water partition coefficient (Wildman–Crippen LogP) is -0.782. The third-order valence-electron chi connectivity index (χ3n) is 1.57. The molecule has 0 radical (unpaired) electrons. The van der Waals surface area contributed by atoms with Crippen LogP contribution in [0.3, 0.4) is 0 Å². The van der Waals surface area contributed by atoms with Gasteiger partial charge in [-0.1, -0.05) is 6.92 Å². The van der Waals surface area contributed by atoms with Gasteiger partial charge in [0, 0.05) is 19.5 Å². The lowest BCUT2D eigenvalue weighted by Gasteiger charge is -2.06. The van der Waals surface area contributed by atoms with Crippen LogP contribution in [0.25, 0.3) is 0 Å². The molecule has 17 heavy (non-hydrogen) atoms. The molecule has 3 amide bonds. The summed E-state index contributed by atoms with van der Waals surface area (Å²) in [5.74, 6) is -1.34. The van der Waals surface area contributed by atoms with Gasteiger partial charge >= 0.3 is 12.0 Å². The van der Waals surface area contributed by atoms with Gasteiger partial charge in [0.15, 0.2) is 6.61 Å². The Morgan fingerprint density at radius 3 is 2.47 bits per heavy atom. The molecule has 0 fully saturated rings. The molecule has 0 heterocycles. The third-order valence-corrected chi connectivity index (χ3v) is 1.57. The first kappa shape index (κ1) is 15.2. The lowest BCUT2D eigenvalue weighted by molar-refractivity contribution is -0.144. The fourth-order valence-electron chi connectivity index (χ4n) is 0.842. The fraction of sp³-hybridized carbons (Fsp3) is 0.667. The Morgan fingerprint density at radius 2 is 1.88 bits per heavy atom. The summed E-state index contributed by atoms with van der Waals surface area (Å²) in [6.45, 7) is 2.07. The zero-order valence-electron chi connectivity index (χ0n) is 9.62. The molecule has 98 valence electrons. The van der Waals surface area contributed by atoms with E-state index in [2.05, 4.69) is 15.5 Å². The Labute approximate surface area is 98.7 Å². The van der Waals surface area contributed by atoms with Gasteiger partial charge in [-0.25, -0.2) is 15.1 Å². The molecule has 0 bridgehead atoms. The van der Waals surface area contributed by atoms with E-state index < -0.39 is 18.6 Å². The van der Waals surface area contributed by atoms with Crippen LogP contribution in [0.1, 0.15) is 19.8 Å². The third kappa shape index (κ3) is 10.5. The van der Waals surface area contributed by atoms with Gasteiger partial charge in [-0.3, -0.25) is 9.63 Å². The summed E-state index contributed by atoms with van der Waals surface area (Å²) in [6.07, 6.45) is 1.01. The highest BCUT2D eigenvalue weighted by molar-refractivity contribution is 5.77. The Balaban J connectivity index is 3.44. The highest BCUT2D eigenvalue weighted by atomic mass is 16.7. The minimum absolute atomic E-state index is 0.151. The number of amides is 3. The number of urea groups is 1. The van der Waals surface area contributed by atoms with Crippen molar-refractivity contribution in [1.82, 2.24) is 16.1 Å². The van der Waals surface area contributed by atoms with Crippen molar-refractivity contribution < 1.29 is 24.3 Å². The first-order chi connectivity index (χ1) is 8.06. The lowest BCUT2D eigenvalue weighted by atomic mass is 10.4. The molecule has 0 aliphatic carbocycles. The van der Waals surface area contributed by atoms with E-state index in [4.69, 9.17) is 5.11 Å². The number of carbonyl (C=O) groups is 3. The van der Waals surface area contributed by atoms with Crippen molar-refractivity contribution in [2.45, 2.75) is 19.8 Å². The van der Waals surface area contributed by atoms with Crippen LogP contribution in [0.2, 0.25) is 0 Å². The van der Waals surface area contributed by atoms with Gasteiger partial charge in [0.25, 0.3) is 0 Å². The van der Waals surface area contributed by atoms with Crippen LogP contribution in [0.5, 0.6) is 0 Å². The van der Waals surface area contributed by atoms with E-state index in [-0.39, 0.29) is 18.9 Å². The molecule has 0 aromatic carbocycles. The molecule has 0 unspecified atom stereocenters. The Hall–Kier alpha value is -1.83. The summed E-state index contributed by atoms with van der Waals surface area (Å²) in [5.41, 5.74) is 1.87. The van der Waals surface area contributed by atoms with Crippen LogP contribution in [0.4, 0.5) is 4.79 Å². The highest BCUT2D eigenvalue weighted by Gasteiger charge is 2.04. The molecule has 0 spiro atoms. The first-order valence-electron chi connectivity index (χ1n) is 5.20. The maximum absolute atomic E-state index is 11.1. The topological polar surface area (TPSA) is 117 Å². The first-order valence-corrected chi connectivity index (χ1v) is 5.20. The van der Waals surface area contributed by atoms with Crippen LogP contribution in [0, 0.1) is 0 Å². The number of aliphatic carboxylic acids is 1. The number of carboxylic acids is 1. The molecular weight excluding hydrogens is 230 g/mol. The number of hydroxylamine groups is 1. The molecule has 4 N–H and O–H groups in total. The average Bonchev–Trinajstić information content (AvgIpc) is 2.25. The largest absolute Gasteiger partial charge is 0.479 e. The summed E-state index contributed by atoms with van der Waals surface area (Å²) >= 11 is 0. The number of rotatable bonds is 8. The van der Waals surface area contributed by atoms with Gasteiger partial charge in [0.1, 0.15) is 0 Å². The second kappa shape index (κ2) is 9.40. The average molecular weight is 247 g/mol. The molecule has 0 saturated heterocycles. The van der Waals surface area contributed by atoms with Crippen molar-refractivity contribution in [2.24, 2.45) is 0 Å². The molecule has 8 heteroatoms. The van der Waals surface area contributed by atoms with Crippen molar-refractivity contribution >= 4 is 17.9 Å². The van der Waals surface area contributed by atoms with Crippen molar-refractivity contribution in [1.29, 1.82) is 0 Å². The SMILES string of the molecule is CCCNC(=O)CCNC(=O)NOCC(=O)O. The zero-order chi connectivity index (χ0) is 13.1. The van der Waals surface area contributed by atoms with E-state index in [1.54, 1.807) is 0 Å². The van der Waals surface area contributed by atoms with Crippen molar-refractivity contribution in [3.63, 3.8) is 0 Å². The molecular formula is C9H17N3O5. The van der Waals surface area contributed by atoms with Crippen LogP contribution in [-0.2, 0) is 14.4 Å². The normalized spacial score (nSPS) is 9.47. The van der Waals surface area contributed by atoms with E-state index in [0.29, 0.717) is 6.54 Å². The fourth-order valence-corrected chi connectivity index (χ4v) is 0.842. The standard InChI is InChI=1S/C9H17N3O5/c1-2-4-10-7(13)3-5-11-9(16)12-17-6-8(14)15/h2-6H2,1H3,(H,10,13)(H,14,15)(H2,11,12,16). The van der Waals surface area contributed by atoms with E-state index in [1.807, 2.05) is 12.4 Å². The smallest absolute Gasteiger partial charge is 0.338 e. The minimum atomic E-state index is -1.19. The minimum Gasteiger partial charge on any atom is -0.479 e. The second-order valence-corrected chi connectivity index (χ2v) is 3.14. The van der Waals surface area contributed by atoms with Gasteiger partial charge < -0.3 is 15.7 Å². The summed E-state index contributed by atoms with van der Waals surface area (Å²) in [7, 11) is 0. The van der Waals surface area contributed by atoms with E-state index >= 15 is 0 Å². The lowest BCUT2D eigenvalue weighted by Crippen LogP contribution is -2.38. The Morgan fingerprint density at radius 1 is 1.18 bits per heavy atom. The molecule has 0 aromatic rings. The number of carbonyl (C=O) groups excluding carboxylic acids is 2. The van der Waals surface area contributed by atoms with Crippen LogP contribution < -0.4 is 16.1 Å². The maximum atomic E-state index is 11.1. The summed E-state index contributed by atoms with van der Waals surface area (Å²) < 4.78 is 0. The van der Waals surface area contributed by atoms with E-state index in [0.717, 1.165) is 6.42 Å². The molecule has 0 atom stereocenters. The molecule has 0 rings (SSSR count). The molecule has 8 nitrogen and oxygen atoms in total. The van der Waals surface area contributed by atoms with E-state index in [9.17, 15) is 14.4 Å². The molecule has 0 aromatic heterocycles. The number of carboxylic acid groups (broad SMARTS) is 1. The summed E-state index contributed by atoms with van der Waals surface area (Å²) in [6, 6.07) is -0.686. The van der Waals surface area contributed by atoms with Gasteiger partial charge in [0.05, 0.1) is 0 Å². The van der Waals surface area contributed by atoms with Crippen LogP contribution in [-0.4, -0.2) is 42.7 Å². The van der Waals surface area contributed by atoms with Gasteiger partial charge in [-0.05, 0) is 6.42 Å².